The van der Waals surface area contributed by atoms with Crippen molar-refractivity contribution >= 4 is 13.6 Å². The topological polar surface area (TPSA) is 72.8 Å². The molecule has 0 amide bonds. The molecule has 0 aliphatic heterocycles. The number of carbonyl (C=O) groups is 1. The number of hydrogen-bond donors (Lipinski definition) is 1. The molecule has 1 fully saturated rings. The lowest BCUT2D eigenvalue weighted by Crippen LogP contribution is -2.31. The summed E-state index contributed by atoms with van der Waals surface area (Å²) in [4.78, 5) is 20.9. The van der Waals surface area contributed by atoms with Crippen LogP contribution in [0, 0.1) is 5.92 Å². The van der Waals surface area contributed by atoms with Gasteiger partial charge in [0, 0.05) is 0 Å². The van der Waals surface area contributed by atoms with E-state index >= 15 is 0 Å². The van der Waals surface area contributed by atoms with Crippen LogP contribution in [0.15, 0.2) is 0 Å². The van der Waals surface area contributed by atoms with Gasteiger partial charge in [-0.2, -0.15) is 0 Å². The molecule has 0 radical (unpaired) electrons. The number of phosphoric acid groups is 1. The minimum Gasteiger partial charge on any atom is -0.302 e. The summed E-state index contributed by atoms with van der Waals surface area (Å²) in [5, 5.41) is 0. The Kier molecular flexibility index (Phi) is 5.80. The van der Waals surface area contributed by atoms with Crippen LogP contribution in [0.4, 0.5) is 0 Å². The van der Waals surface area contributed by atoms with E-state index in [1.807, 2.05) is 0 Å². The van der Waals surface area contributed by atoms with Crippen molar-refractivity contribution in [2.24, 2.45) is 5.92 Å². The van der Waals surface area contributed by atoms with Gasteiger partial charge in [0.15, 0.2) is 5.78 Å². The molecule has 0 heterocycles. The first-order chi connectivity index (χ1) is 7.96. The SMILES string of the molecule is CCOP(=O)(O)OC(C(C)=O)C1CCCCC1. The number of hydrogen-bond acceptors (Lipinski definition) is 4. The van der Waals surface area contributed by atoms with Gasteiger partial charge < -0.3 is 4.89 Å². The standard InChI is InChI=1S/C11H21O5P/c1-3-15-17(13,14)16-11(9(2)12)10-7-5-4-6-8-10/h10-11H,3-8H2,1-2H3,(H,13,14). The summed E-state index contributed by atoms with van der Waals surface area (Å²) in [6.45, 7) is 3.09. The van der Waals surface area contributed by atoms with Crippen LogP contribution in [0.2, 0.25) is 0 Å². The van der Waals surface area contributed by atoms with Crippen LogP contribution in [0.1, 0.15) is 46.0 Å². The third-order valence-electron chi connectivity index (χ3n) is 3.02. The lowest BCUT2D eigenvalue weighted by molar-refractivity contribution is -0.127. The van der Waals surface area contributed by atoms with Crippen LogP contribution >= 0.6 is 7.82 Å². The average Bonchev–Trinajstić information content (AvgIpc) is 2.27. The largest absolute Gasteiger partial charge is 0.472 e. The summed E-state index contributed by atoms with van der Waals surface area (Å²) in [6.07, 6.45) is 4.18. The zero-order valence-corrected chi connectivity index (χ0v) is 11.3. The van der Waals surface area contributed by atoms with Crippen molar-refractivity contribution in [3.8, 4) is 0 Å². The highest BCUT2D eigenvalue weighted by Crippen LogP contribution is 2.46. The van der Waals surface area contributed by atoms with Gasteiger partial charge in [-0.25, -0.2) is 4.57 Å². The highest BCUT2D eigenvalue weighted by Gasteiger charge is 2.35. The number of Topliss-reactive ketones (excluding diaryl/α,β-unsaturated/α-hetero) is 1. The van der Waals surface area contributed by atoms with Gasteiger partial charge >= 0.3 is 7.82 Å². The van der Waals surface area contributed by atoms with E-state index < -0.39 is 13.9 Å². The Labute approximate surface area is 102 Å². The van der Waals surface area contributed by atoms with E-state index in [0.29, 0.717) is 0 Å². The van der Waals surface area contributed by atoms with E-state index in [0.717, 1.165) is 32.1 Å². The summed E-state index contributed by atoms with van der Waals surface area (Å²) in [5.74, 6) is -0.159. The second kappa shape index (κ2) is 6.64. The molecule has 0 aromatic rings. The van der Waals surface area contributed by atoms with Crippen molar-refractivity contribution in [2.75, 3.05) is 6.61 Å². The number of rotatable bonds is 6. The van der Waals surface area contributed by atoms with Crippen molar-refractivity contribution in [3.05, 3.63) is 0 Å². The Hall–Kier alpha value is -0.220. The smallest absolute Gasteiger partial charge is 0.302 e. The van der Waals surface area contributed by atoms with Gasteiger partial charge in [-0.1, -0.05) is 19.3 Å². The molecule has 6 heteroatoms. The molecule has 0 spiro atoms. The number of carbonyl (C=O) groups excluding carboxylic acids is 1. The van der Waals surface area contributed by atoms with Gasteiger partial charge in [-0.05, 0) is 32.6 Å². The predicted octanol–water partition coefficient (Wildman–Crippen LogP) is 2.68. The second-order valence-electron chi connectivity index (χ2n) is 4.42. The zero-order valence-electron chi connectivity index (χ0n) is 10.4. The van der Waals surface area contributed by atoms with Gasteiger partial charge in [0.25, 0.3) is 0 Å². The third kappa shape index (κ3) is 4.88. The fourth-order valence-corrected chi connectivity index (χ4v) is 3.26. The van der Waals surface area contributed by atoms with Gasteiger partial charge in [0.05, 0.1) is 6.61 Å². The Balaban J connectivity index is 2.65. The molecule has 1 aliphatic carbocycles. The van der Waals surface area contributed by atoms with Crippen LogP contribution in [0.25, 0.3) is 0 Å². The summed E-state index contributed by atoms with van der Waals surface area (Å²) in [6, 6.07) is 0. The van der Waals surface area contributed by atoms with E-state index in [1.54, 1.807) is 6.92 Å². The van der Waals surface area contributed by atoms with Gasteiger partial charge in [0.1, 0.15) is 6.10 Å². The minimum atomic E-state index is -4.09. The van der Waals surface area contributed by atoms with E-state index in [1.165, 1.54) is 6.92 Å². The minimum absolute atomic E-state index is 0.0437. The maximum Gasteiger partial charge on any atom is 0.472 e. The van der Waals surface area contributed by atoms with Crippen LogP contribution in [-0.2, 0) is 18.4 Å². The molecule has 5 nitrogen and oxygen atoms in total. The average molecular weight is 264 g/mol. The molecule has 1 aliphatic rings. The fourth-order valence-electron chi connectivity index (χ4n) is 2.27. The molecule has 2 unspecified atom stereocenters. The van der Waals surface area contributed by atoms with Gasteiger partial charge in [-0.15, -0.1) is 0 Å². The van der Waals surface area contributed by atoms with Gasteiger partial charge in [-0.3, -0.25) is 13.8 Å². The van der Waals surface area contributed by atoms with E-state index in [-0.39, 0.29) is 18.3 Å². The van der Waals surface area contributed by atoms with Crippen LogP contribution in [0.5, 0.6) is 0 Å². The predicted molar refractivity (Wildman–Crippen MR) is 63.6 cm³/mol. The fraction of sp³-hybridized carbons (Fsp3) is 0.909. The molecule has 2 atom stereocenters. The van der Waals surface area contributed by atoms with Crippen LogP contribution in [0.3, 0.4) is 0 Å². The quantitative estimate of drug-likeness (QED) is 0.747. The van der Waals surface area contributed by atoms with Crippen LogP contribution in [-0.4, -0.2) is 23.4 Å². The Morgan fingerprint density at radius 1 is 1.41 bits per heavy atom. The molecular weight excluding hydrogens is 243 g/mol. The zero-order chi connectivity index (χ0) is 12.9. The maximum absolute atomic E-state index is 11.5. The molecule has 100 valence electrons. The number of phosphoric ester groups is 1. The van der Waals surface area contributed by atoms with E-state index in [9.17, 15) is 14.3 Å². The highest BCUT2D eigenvalue weighted by molar-refractivity contribution is 7.47. The van der Waals surface area contributed by atoms with Crippen molar-refractivity contribution in [1.29, 1.82) is 0 Å². The Bertz CT molecular complexity index is 298. The highest BCUT2D eigenvalue weighted by atomic mass is 31.2. The molecule has 1 saturated carbocycles. The number of ketones is 1. The summed E-state index contributed by atoms with van der Waals surface area (Å²) in [5.41, 5.74) is 0. The lowest BCUT2D eigenvalue weighted by atomic mass is 9.84. The summed E-state index contributed by atoms with van der Waals surface area (Å²) in [7, 11) is -4.09. The normalized spacial score (nSPS) is 23.0. The molecule has 0 aromatic heterocycles. The first-order valence-electron chi connectivity index (χ1n) is 6.12. The monoisotopic (exact) mass is 264 g/mol. The Morgan fingerprint density at radius 3 is 2.47 bits per heavy atom. The molecule has 0 bridgehead atoms. The van der Waals surface area contributed by atoms with E-state index in [2.05, 4.69) is 4.52 Å². The molecule has 17 heavy (non-hydrogen) atoms. The summed E-state index contributed by atoms with van der Waals surface area (Å²) < 4.78 is 21.2. The second-order valence-corrected chi connectivity index (χ2v) is 5.83. The van der Waals surface area contributed by atoms with Crippen molar-refractivity contribution < 1.29 is 23.3 Å². The van der Waals surface area contributed by atoms with Crippen molar-refractivity contribution in [1.82, 2.24) is 0 Å². The molecule has 1 rings (SSSR count). The third-order valence-corrected chi connectivity index (χ3v) is 4.10. The first-order valence-corrected chi connectivity index (χ1v) is 7.62. The molecule has 1 N–H and O–H groups in total. The molecular formula is C11H21O5P. The van der Waals surface area contributed by atoms with Crippen LogP contribution < -0.4 is 0 Å². The first kappa shape index (κ1) is 14.8. The maximum atomic E-state index is 11.5. The summed E-state index contributed by atoms with van der Waals surface area (Å²) >= 11 is 0. The van der Waals surface area contributed by atoms with E-state index in [4.69, 9.17) is 4.52 Å². The molecule has 0 saturated heterocycles. The molecule has 0 aromatic carbocycles. The van der Waals surface area contributed by atoms with Gasteiger partial charge in [0.2, 0.25) is 0 Å². The van der Waals surface area contributed by atoms with Crippen molar-refractivity contribution in [2.45, 2.75) is 52.1 Å². The van der Waals surface area contributed by atoms with Crippen molar-refractivity contribution in [3.63, 3.8) is 0 Å². The lowest BCUT2D eigenvalue weighted by Gasteiger charge is -2.29. The Morgan fingerprint density at radius 2 is 2.00 bits per heavy atom.